The van der Waals surface area contributed by atoms with Crippen molar-refractivity contribution in [3.05, 3.63) is 11.7 Å². The molecule has 0 aromatic carbocycles. The van der Waals surface area contributed by atoms with Gasteiger partial charge in [0.1, 0.15) is 0 Å². The van der Waals surface area contributed by atoms with Crippen molar-refractivity contribution in [1.82, 2.24) is 15.5 Å². The van der Waals surface area contributed by atoms with Crippen LogP contribution in [0.5, 0.6) is 0 Å². The van der Waals surface area contributed by atoms with Crippen molar-refractivity contribution in [2.24, 2.45) is 5.41 Å². The van der Waals surface area contributed by atoms with Gasteiger partial charge in [-0.2, -0.15) is 4.98 Å². The molecule has 2 heterocycles. The Kier molecular flexibility index (Phi) is 2.26. The molecule has 1 aliphatic heterocycles. The number of aromatic nitrogens is 2. The van der Waals surface area contributed by atoms with E-state index in [1.807, 2.05) is 0 Å². The molecule has 2 aliphatic rings. The van der Waals surface area contributed by atoms with Crippen molar-refractivity contribution in [2.45, 2.75) is 32.2 Å². The summed E-state index contributed by atoms with van der Waals surface area (Å²) in [5.74, 6) is 1.96. The maximum absolute atomic E-state index is 5.38. The minimum absolute atomic E-state index is 0.0908. The Morgan fingerprint density at radius 1 is 1.44 bits per heavy atom. The molecule has 1 aliphatic carbocycles. The van der Waals surface area contributed by atoms with Gasteiger partial charge >= 0.3 is 0 Å². The van der Waals surface area contributed by atoms with Crippen LogP contribution in [0.2, 0.25) is 0 Å². The summed E-state index contributed by atoms with van der Waals surface area (Å²) in [7, 11) is 0. The first-order chi connectivity index (χ1) is 7.67. The molecule has 1 saturated carbocycles. The summed E-state index contributed by atoms with van der Waals surface area (Å²) in [5, 5.41) is 7.36. The van der Waals surface area contributed by atoms with Gasteiger partial charge < -0.3 is 14.6 Å². The number of rotatable bonds is 2. The fourth-order valence-corrected chi connectivity index (χ4v) is 2.15. The van der Waals surface area contributed by atoms with Crippen molar-refractivity contribution in [3.8, 4) is 0 Å². The standard InChI is InChI=1S/C11H17N3O2/c1-11(2)5-7(11)10-13-9(14-16-10)8-6-15-4-3-12-8/h7-8,12H,3-6H2,1-2H3. The average Bonchev–Trinajstić information content (AvgIpc) is 2.76. The molecule has 0 amide bonds. The van der Waals surface area contributed by atoms with Gasteiger partial charge in [0, 0.05) is 12.5 Å². The lowest BCUT2D eigenvalue weighted by Gasteiger charge is -2.20. The zero-order chi connectivity index (χ0) is 11.2. The Balaban J connectivity index is 1.72. The minimum atomic E-state index is 0.0908. The first-order valence-electron chi connectivity index (χ1n) is 5.81. The molecule has 0 bridgehead atoms. The molecule has 1 aromatic heterocycles. The number of nitrogens with one attached hydrogen (secondary N) is 1. The van der Waals surface area contributed by atoms with Crippen LogP contribution >= 0.6 is 0 Å². The lowest BCUT2D eigenvalue weighted by Crippen LogP contribution is -2.35. The van der Waals surface area contributed by atoms with Crippen LogP contribution < -0.4 is 5.32 Å². The largest absolute Gasteiger partial charge is 0.378 e. The van der Waals surface area contributed by atoms with Crippen molar-refractivity contribution in [3.63, 3.8) is 0 Å². The van der Waals surface area contributed by atoms with E-state index >= 15 is 0 Å². The van der Waals surface area contributed by atoms with Crippen LogP contribution in [0, 0.1) is 5.41 Å². The lowest BCUT2D eigenvalue weighted by atomic mass is 10.1. The van der Waals surface area contributed by atoms with Crippen molar-refractivity contribution in [1.29, 1.82) is 0 Å². The van der Waals surface area contributed by atoms with Crippen molar-refractivity contribution >= 4 is 0 Å². The van der Waals surface area contributed by atoms with Crippen LogP contribution in [0.15, 0.2) is 4.52 Å². The number of hydrogen-bond donors (Lipinski definition) is 1. The van der Waals surface area contributed by atoms with E-state index in [0.717, 1.165) is 31.3 Å². The number of nitrogens with zero attached hydrogens (tertiary/aromatic N) is 2. The SMILES string of the molecule is CC1(C)CC1c1nc(C2COCCN2)no1. The highest BCUT2D eigenvalue weighted by Gasteiger charge is 2.50. The summed E-state index contributed by atoms with van der Waals surface area (Å²) in [6.07, 6.45) is 1.14. The Labute approximate surface area is 94.6 Å². The third-order valence-corrected chi connectivity index (χ3v) is 3.50. The molecule has 1 N–H and O–H groups in total. The maximum Gasteiger partial charge on any atom is 0.230 e. The van der Waals surface area contributed by atoms with Crippen LogP contribution in [-0.2, 0) is 4.74 Å². The first kappa shape index (κ1) is 10.2. The fourth-order valence-electron chi connectivity index (χ4n) is 2.15. The van der Waals surface area contributed by atoms with Gasteiger partial charge in [-0.1, -0.05) is 19.0 Å². The Hall–Kier alpha value is -0.940. The molecular formula is C11H17N3O2. The quantitative estimate of drug-likeness (QED) is 0.817. The van der Waals surface area contributed by atoms with Crippen LogP contribution in [0.25, 0.3) is 0 Å². The Morgan fingerprint density at radius 2 is 2.25 bits per heavy atom. The van der Waals surface area contributed by atoms with Crippen LogP contribution in [0.3, 0.4) is 0 Å². The normalized spacial score (nSPS) is 32.6. The summed E-state index contributed by atoms with van der Waals surface area (Å²) in [5.41, 5.74) is 0.334. The third kappa shape index (κ3) is 1.74. The fraction of sp³-hybridized carbons (Fsp3) is 0.818. The van der Waals surface area contributed by atoms with Crippen LogP contribution in [-0.4, -0.2) is 29.9 Å². The second-order valence-corrected chi connectivity index (χ2v) is 5.32. The molecule has 1 saturated heterocycles. The van der Waals surface area contributed by atoms with Gasteiger partial charge in [-0.15, -0.1) is 0 Å². The van der Waals surface area contributed by atoms with E-state index in [1.54, 1.807) is 0 Å². The summed E-state index contributed by atoms with van der Waals surface area (Å²) in [6, 6.07) is 0.0908. The van der Waals surface area contributed by atoms with Gasteiger partial charge in [-0.25, -0.2) is 0 Å². The maximum atomic E-state index is 5.38. The lowest BCUT2D eigenvalue weighted by molar-refractivity contribution is 0.0734. The zero-order valence-electron chi connectivity index (χ0n) is 9.69. The van der Waals surface area contributed by atoms with Crippen LogP contribution in [0.1, 0.15) is 43.9 Å². The van der Waals surface area contributed by atoms with Gasteiger partial charge in [-0.3, -0.25) is 0 Å². The highest BCUT2D eigenvalue weighted by Crippen LogP contribution is 2.58. The van der Waals surface area contributed by atoms with Crippen molar-refractivity contribution < 1.29 is 9.26 Å². The predicted molar refractivity (Wildman–Crippen MR) is 57.0 cm³/mol. The number of morpholine rings is 1. The molecule has 16 heavy (non-hydrogen) atoms. The molecule has 5 nitrogen and oxygen atoms in total. The summed E-state index contributed by atoms with van der Waals surface area (Å²) >= 11 is 0. The minimum Gasteiger partial charge on any atom is -0.378 e. The van der Waals surface area contributed by atoms with Gasteiger partial charge in [-0.05, 0) is 11.8 Å². The molecule has 5 heteroatoms. The van der Waals surface area contributed by atoms with Gasteiger partial charge in [0.05, 0.1) is 19.3 Å². The topological polar surface area (TPSA) is 60.2 Å². The van der Waals surface area contributed by atoms with Crippen LogP contribution in [0.4, 0.5) is 0 Å². The van der Waals surface area contributed by atoms with E-state index in [9.17, 15) is 0 Å². The summed E-state index contributed by atoms with van der Waals surface area (Å²) < 4.78 is 10.7. The van der Waals surface area contributed by atoms with E-state index in [1.165, 1.54) is 0 Å². The monoisotopic (exact) mass is 223 g/mol. The summed E-state index contributed by atoms with van der Waals surface area (Å²) in [6.45, 7) is 6.69. The first-order valence-corrected chi connectivity index (χ1v) is 5.81. The van der Waals surface area contributed by atoms with E-state index < -0.39 is 0 Å². The molecule has 3 rings (SSSR count). The van der Waals surface area contributed by atoms with E-state index in [2.05, 4.69) is 29.3 Å². The molecular weight excluding hydrogens is 206 g/mol. The van der Waals surface area contributed by atoms with Gasteiger partial charge in [0.15, 0.2) is 5.82 Å². The average molecular weight is 223 g/mol. The molecule has 2 fully saturated rings. The molecule has 1 aromatic rings. The number of hydrogen-bond acceptors (Lipinski definition) is 5. The number of ether oxygens (including phenoxy) is 1. The third-order valence-electron chi connectivity index (χ3n) is 3.50. The molecule has 2 unspecified atom stereocenters. The van der Waals surface area contributed by atoms with Gasteiger partial charge in [0.25, 0.3) is 0 Å². The second-order valence-electron chi connectivity index (χ2n) is 5.32. The van der Waals surface area contributed by atoms with E-state index in [0.29, 0.717) is 17.9 Å². The van der Waals surface area contributed by atoms with E-state index in [4.69, 9.17) is 9.26 Å². The predicted octanol–water partition coefficient (Wildman–Crippen LogP) is 1.24. The highest BCUT2D eigenvalue weighted by atomic mass is 16.5. The Bertz CT molecular complexity index is 382. The van der Waals surface area contributed by atoms with E-state index in [-0.39, 0.29) is 6.04 Å². The Morgan fingerprint density at radius 3 is 2.88 bits per heavy atom. The highest BCUT2D eigenvalue weighted by molar-refractivity contribution is 5.13. The second kappa shape index (κ2) is 3.53. The van der Waals surface area contributed by atoms with Crippen molar-refractivity contribution in [2.75, 3.05) is 19.8 Å². The molecule has 0 radical (unpaired) electrons. The molecule has 0 spiro atoms. The zero-order valence-corrected chi connectivity index (χ0v) is 9.69. The molecule has 2 atom stereocenters. The van der Waals surface area contributed by atoms with Gasteiger partial charge in [0.2, 0.25) is 5.89 Å². The smallest absolute Gasteiger partial charge is 0.230 e. The summed E-state index contributed by atoms with van der Waals surface area (Å²) in [4.78, 5) is 4.47. The molecule has 88 valence electrons.